The number of amides is 1. The van der Waals surface area contributed by atoms with Crippen molar-refractivity contribution in [2.45, 2.75) is 44.4 Å². The topological polar surface area (TPSA) is 57.7 Å². The van der Waals surface area contributed by atoms with Crippen LogP contribution in [0.2, 0.25) is 10.0 Å². The predicted molar refractivity (Wildman–Crippen MR) is 105 cm³/mol. The van der Waals surface area contributed by atoms with E-state index in [9.17, 15) is 13.2 Å². The fourth-order valence-electron chi connectivity index (χ4n) is 3.23. The highest BCUT2D eigenvalue weighted by Gasteiger charge is 2.35. The first-order chi connectivity index (χ1) is 12.3. The lowest BCUT2D eigenvalue weighted by Crippen LogP contribution is -2.44. The summed E-state index contributed by atoms with van der Waals surface area (Å²) in [7, 11) is -3.77. The summed E-state index contributed by atoms with van der Waals surface area (Å²) in [6.45, 7) is 6.12. The molecule has 0 atom stereocenters. The molecular weight excluding hydrogens is 395 g/mol. The zero-order chi connectivity index (χ0) is 19.3. The van der Waals surface area contributed by atoms with Gasteiger partial charge in [-0.3, -0.25) is 4.79 Å². The lowest BCUT2D eigenvalue weighted by molar-refractivity contribution is -0.136. The number of hydrogen-bond donors (Lipinski definition) is 0. The highest BCUT2D eigenvalue weighted by atomic mass is 35.5. The molecule has 0 aliphatic carbocycles. The van der Waals surface area contributed by atoms with Crippen molar-refractivity contribution in [2.75, 3.05) is 26.2 Å². The van der Waals surface area contributed by atoms with E-state index >= 15 is 0 Å². The van der Waals surface area contributed by atoms with Crippen LogP contribution in [-0.4, -0.2) is 49.7 Å². The van der Waals surface area contributed by atoms with Gasteiger partial charge in [-0.1, -0.05) is 42.6 Å². The van der Waals surface area contributed by atoms with E-state index in [0.29, 0.717) is 32.5 Å². The minimum Gasteiger partial charge on any atom is -0.343 e. The minimum absolute atomic E-state index is 0.0498. The number of halogens is 2. The van der Waals surface area contributed by atoms with E-state index < -0.39 is 10.0 Å². The van der Waals surface area contributed by atoms with Gasteiger partial charge in [0.05, 0.1) is 10.0 Å². The zero-order valence-electron chi connectivity index (χ0n) is 15.2. The Hall–Kier alpha value is -0.820. The molecule has 0 aromatic heterocycles. The van der Waals surface area contributed by atoms with E-state index in [4.69, 9.17) is 23.2 Å². The third-order valence-corrected chi connectivity index (χ3v) is 7.65. The van der Waals surface area contributed by atoms with Gasteiger partial charge < -0.3 is 4.90 Å². The summed E-state index contributed by atoms with van der Waals surface area (Å²) in [6, 6.07) is 4.65. The lowest BCUT2D eigenvalue weighted by Gasteiger charge is -2.33. The summed E-state index contributed by atoms with van der Waals surface area (Å²) in [5.41, 5.74) is 0. The highest BCUT2D eigenvalue weighted by Crippen LogP contribution is 2.33. The van der Waals surface area contributed by atoms with Crippen LogP contribution in [0, 0.1) is 5.92 Å². The van der Waals surface area contributed by atoms with Crippen molar-refractivity contribution in [2.24, 2.45) is 5.92 Å². The van der Waals surface area contributed by atoms with Crippen molar-refractivity contribution in [3.8, 4) is 0 Å². The van der Waals surface area contributed by atoms with Crippen molar-refractivity contribution in [3.05, 3.63) is 28.2 Å². The zero-order valence-corrected chi connectivity index (χ0v) is 17.6. The van der Waals surface area contributed by atoms with Crippen LogP contribution in [0.3, 0.4) is 0 Å². The number of carbonyl (C=O) groups excluding carboxylic acids is 1. The number of nitrogens with zero attached hydrogens (tertiary/aromatic N) is 2. The standard InChI is InChI=1S/C18H26Cl2N2O3S/c1-3-5-11-21(4-2)18(23)14-9-12-22(13-10-14)26(24,25)17-15(19)7-6-8-16(17)20/h6-8,14H,3-5,9-13H2,1-2H3. The minimum atomic E-state index is -3.77. The van der Waals surface area contributed by atoms with Gasteiger partial charge in [0, 0.05) is 32.1 Å². The summed E-state index contributed by atoms with van der Waals surface area (Å²) < 4.78 is 27.2. The normalized spacial score (nSPS) is 16.6. The third-order valence-electron chi connectivity index (χ3n) is 4.79. The van der Waals surface area contributed by atoms with Gasteiger partial charge in [0.1, 0.15) is 4.90 Å². The molecule has 0 bridgehead atoms. The van der Waals surface area contributed by atoms with Crippen molar-refractivity contribution < 1.29 is 13.2 Å². The second kappa shape index (κ2) is 9.40. The fraction of sp³-hybridized carbons (Fsp3) is 0.611. The molecular formula is C18H26Cl2N2O3S. The Kier molecular flexibility index (Phi) is 7.76. The fourth-order valence-corrected chi connectivity index (χ4v) is 5.79. The van der Waals surface area contributed by atoms with Gasteiger partial charge >= 0.3 is 0 Å². The summed E-state index contributed by atoms with van der Waals surface area (Å²) in [5.74, 6) is 0.00810. The molecule has 0 saturated carbocycles. The molecule has 0 unspecified atom stereocenters. The molecule has 1 saturated heterocycles. The van der Waals surface area contributed by atoms with Crippen molar-refractivity contribution in [3.63, 3.8) is 0 Å². The first-order valence-electron chi connectivity index (χ1n) is 9.05. The number of hydrogen-bond acceptors (Lipinski definition) is 3. The van der Waals surface area contributed by atoms with Gasteiger partial charge in [0.15, 0.2) is 0 Å². The monoisotopic (exact) mass is 420 g/mol. The Labute approximate surface area is 166 Å². The summed E-state index contributed by atoms with van der Waals surface area (Å²) >= 11 is 12.1. The molecule has 0 spiro atoms. The molecule has 1 aliphatic rings. The van der Waals surface area contributed by atoms with Crippen molar-refractivity contribution in [1.82, 2.24) is 9.21 Å². The van der Waals surface area contributed by atoms with E-state index in [1.54, 1.807) is 6.07 Å². The molecule has 146 valence electrons. The molecule has 26 heavy (non-hydrogen) atoms. The maximum atomic E-state index is 12.9. The molecule has 8 heteroatoms. The first-order valence-corrected chi connectivity index (χ1v) is 11.3. The van der Waals surface area contributed by atoms with Crippen LogP contribution >= 0.6 is 23.2 Å². The third kappa shape index (κ3) is 4.71. The highest BCUT2D eigenvalue weighted by molar-refractivity contribution is 7.89. The maximum absolute atomic E-state index is 12.9. The molecule has 0 radical (unpaired) electrons. The second-order valence-electron chi connectivity index (χ2n) is 6.50. The molecule has 1 aromatic rings. The predicted octanol–water partition coefficient (Wildman–Crippen LogP) is 4.04. The molecule has 2 rings (SSSR count). The average molecular weight is 421 g/mol. The van der Waals surface area contributed by atoms with Gasteiger partial charge in [-0.15, -0.1) is 0 Å². The Morgan fingerprint density at radius 1 is 1.19 bits per heavy atom. The first kappa shape index (κ1) is 21.5. The van der Waals surface area contributed by atoms with E-state index in [2.05, 4.69) is 6.92 Å². The number of piperidine rings is 1. The average Bonchev–Trinajstić information content (AvgIpc) is 2.62. The van der Waals surface area contributed by atoms with Gasteiger partial charge in [0.25, 0.3) is 0 Å². The van der Waals surface area contributed by atoms with Gasteiger partial charge in [-0.25, -0.2) is 8.42 Å². The summed E-state index contributed by atoms with van der Waals surface area (Å²) in [5, 5.41) is 0.236. The molecule has 5 nitrogen and oxygen atoms in total. The van der Waals surface area contributed by atoms with Crippen LogP contribution in [0.15, 0.2) is 23.1 Å². The van der Waals surface area contributed by atoms with Crippen LogP contribution in [0.25, 0.3) is 0 Å². The van der Waals surface area contributed by atoms with Crippen LogP contribution in [0.5, 0.6) is 0 Å². The van der Waals surface area contributed by atoms with E-state index in [-0.39, 0.29) is 26.8 Å². The Morgan fingerprint density at radius 2 is 1.77 bits per heavy atom. The number of unbranched alkanes of at least 4 members (excludes halogenated alkanes) is 1. The lowest BCUT2D eigenvalue weighted by atomic mass is 9.96. The second-order valence-corrected chi connectivity index (χ2v) is 9.19. The number of benzene rings is 1. The largest absolute Gasteiger partial charge is 0.343 e. The molecule has 0 N–H and O–H groups in total. The molecule has 1 aromatic carbocycles. The van der Waals surface area contributed by atoms with Gasteiger partial charge in [-0.2, -0.15) is 4.31 Å². The number of rotatable bonds is 7. The van der Waals surface area contributed by atoms with Crippen LogP contribution in [0.1, 0.15) is 39.5 Å². The van der Waals surface area contributed by atoms with E-state index in [1.165, 1.54) is 16.4 Å². The smallest absolute Gasteiger partial charge is 0.246 e. The number of carbonyl (C=O) groups is 1. The Balaban J connectivity index is 2.07. The van der Waals surface area contributed by atoms with E-state index in [0.717, 1.165) is 19.4 Å². The summed E-state index contributed by atoms with van der Waals surface area (Å²) in [6.07, 6.45) is 3.06. The quantitative estimate of drug-likeness (QED) is 0.668. The van der Waals surface area contributed by atoms with Crippen LogP contribution < -0.4 is 0 Å². The van der Waals surface area contributed by atoms with E-state index in [1.807, 2.05) is 11.8 Å². The van der Waals surface area contributed by atoms with Gasteiger partial charge in [-0.05, 0) is 38.3 Å². The maximum Gasteiger partial charge on any atom is 0.246 e. The Morgan fingerprint density at radius 3 is 2.27 bits per heavy atom. The van der Waals surface area contributed by atoms with Gasteiger partial charge in [0.2, 0.25) is 15.9 Å². The number of sulfonamides is 1. The Bertz CT molecular complexity index is 712. The summed E-state index contributed by atoms with van der Waals surface area (Å²) in [4.78, 5) is 14.5. The molecule has 1 heterocycles. The van der Waals surface area contributed by atoms with Crippen molar-refractivity contribution >= 4 is 39.1 Å². The molecule has 1 amide bonds. The molecule has 1 fully saturated rings. The SMILES string of the molecule is CCCCN(CC)C(=O)C1CCN(S(=O)(=O)c2c(Cl)cccc2Cl)CC1. The van der Waals surface area contributed by atoms with Crippen molar-refractivity contribution in [1.29, 1.82) is 0 Å². The van der Waals surface area contributed by atoms with Crippen LogP contribution in [0.4, 0.5) is 0 Å². The van der Waals surface area contributed by atoms with Crippen LogP contribution in [-0.2, 0) is 14.8 Å². The molecule has 1 aliphatic heterocycles.